The van der Waals surface area contributed by atoms with Crippen LogP contribution in [-0.2, 0) is 0 Å². The fourth-order valence-corrected chi connectivity index (χ4v) is 1.26. The van der Waals surface area contributed by atoms with Crippen molar-refractivity contribution in [2.24, 2.45) is 0 Å². The van der Waals surface area contributed by atoms with Crippen molar-refractivity contribution in [3.8, 4) is 0 Å². The third-order valence-electron chi connectivity index (χ3n) is 2.11. The van der Waals surface area contributed by atoms with Gasteiger partial charge in [-0.2, -0.15) is 0 Å². The SMILES string of the molecule is Nc1ccccc1NC(=O)c1c[nH]c(=O)cn1. The van der Waals surface area contributed by atoms with Gasteiger partial charge in [0.05, 0.1) is 17.6 Å². The molecule has 0 spiro atoms. The second-order valence-corrected chi connectivity index (χ2v) is 3.34. The summed E-state index contributed by atoms with van der Waals surface area (Å²) in [7, 11) is 0. The highest BCUT2D eigenvalue weighted by Gasteiger charge is 2.08. The molecule has 1 amide bonds. The van der Waals surface area contributed by atoms with Gasteiger partial charge < -0.3 is 16.0 Å². The van der Waals surface area contributed by atoms with Crippen LogP contribution in [-0.4, -0.2) is 15.9 Å². The Bertz CT molecular complexity index is 586. The molecule has 4 N–H and O–H groups in total. The number of nitrogens with one attached hydrogen (secondary N) is 2. The number of benzene rings is 1. The van der Waals surface area contributed by atoms with Gasteiger partial charge in [-0.3, -0.25) is 9.59 Å². The molecule has 0 atom stereocenters. The zero-order chi connectivity index (χ0) is 12.3. The van der Waals surface area contributed by atoms with E-state index >= 15 is 0 Å². The molecule has 2 aromatic rings. The lowest BCUT2D eigenvalue weighted by Gasteiger charge is -2.06. The van der Waals surface area contributed by atoms with Crippen molar-refractivity contribution < 1.29 is 4.79 Å². The van der Waals surface area contributed by atoms with Gasteiger partial charge in [-0.1, -0.05) is 12.1 Å². The monoisotopic (exact) mass is 230 g/mol. The minimum absolute atomic E-state index is 0.118. The highest BCUT2D eigenvalue weighted by atomic mass is 16.2. The maximum absolute atomic E-state index is 11.7. The molecular formula is C11H10N4O2. The largest absolute Gasteiger partial charge is 0.397 e. The molecule has 2 rings (SSSR count). The number of nitrogens with zero attached hydrogens (tertiary/aromatic N) is 1. The molecule has 86 valence electrons. The summed E-state index contributed by atoms with van der Waals surface area (Å²) in [5.74, 6) is -0.431. The average molecular weight is 230 g/mol. The number of aromatic amines is 1. The maximum atomic E-state index is 11.7. The molecule has 0 unspecified atom stereocenters. The summed E-state index contributed by atoms with van der Waals surface area (Å²) in [6.45, 7) is 0. The molecular weight excluding hydrogens is 220 g/mol. The number of H-pyrrole nitrogens is 1. The van der Waals surface area contributed by atoms with Gasteiger partial charge in [0.25, 0.3) is 11.5 Å². The van der Waals surface area contributed by atoms with E-state index in [-0.39, 0.29) is 11.3 Å². The van der Waals surface area contributed by atoms with Gasteiger partial charge in [0, 0.05) is 6.20 Å². The lowest BCUT2D eigenvalue weighted by Crippen LogP contribution is -2.17. The van der Waals surface area contributed by atoms with Crippen LogP contribution in [0.5, 0.6) is 0 Å². The Morgan fingerprint density at radius 2 is 2.12 bits per heavy atom. The lowest BCUT2D eigenvalue weighted by atomic mass is 10.2. The number of aromatic nitrogens is 2. The van der Waals surface area contributed by atoms with Crippen LogP contribution in [0.25, 0.3) is 0 Å². The molecule has 1 aromatic heterocycles. The number of hydrogen-bond acceptors (Lipinski definition) is 4. The highest BCUT2D eigenvalue weighted by Crippen LogP contribution is 2.16. The fraction of sp³-hybridized carbons (Fsp3) is 0. The van der Waals surface area contributed by atoms with E-state index in [1.807, 2.05) is 0 Å². The molecule has 0 aliphatic heterocycles. The van der Waals surface area contributed by atoms with E-state index < -0.39 is 5.91 Å². The van der Waals surface area contributed by atoms with Gasteiger partial charge >= 0.3 is 0 Å². The number of amides is 1. The predicted molar refractivity (Wildman–Crippen MR) is 63.7 cm³/mol. The molecule has 0 radical (unpaired) electrons. The van der Waals surface area contributed by atoms with E-state index in [9.17, 15) is 9.59 Å². The van der Waals surface area contributed by atoms with Crippen molar-refractivity contribution in [3.05, 3.63) is 52.7 Å². The quantitative estimate of drug-likeness (QED) is 0.657. The van der Waals surface area contributed by atoms with Crippen molar-refractivity contribution >= 4 is 17.3 Å². The number of hydrogen-bond donors (Lipinski definition) is 3. The molecule has 6 nitrogen and oxygen atoms in total. The Morgan fingerprint density at radius 3 is 2.76 bits per heavy atom. The first-order valence-electron chi connectivity index (χ1n) is 4.87. The highest BCUT2D eigenvalue weighted by molar-refractivity contribution is 6.04. The van der Waals surface area contributed by atoms with Crippen LogP contribution in [0.2, 0.25) is 0 Å². The standard InChI is InChI=1S/C11H10N4O2/c12-7-3-1-2-4-8(7)15-11(17)9-5-14-10(16)6-13-9/h1-6H,12H2,(H,14,16)(H,15,17). The number of rotatable bonds is 2. The molecule has 1 aromatic carbocycles. The number of nitrogens with two attached hydrogens (primary N) is 1. The Balaban J connectivity index is 2.20. The van der Waals surface area contributed by atoms with Crippen LogP contribution >= 0.6 is 0 Å². The third kappa shape index (κ3) is 2.49. The second kappa shape index (κ2) is 4.48. The molecule has 0 saturated carbocycles. The summed E-state index contributed by atoms with van der Waals surface area (Å²) in [4.78, 5) is 28.6. The van der Waals surface area contributed by atoms with Gasteiger partial charge in [0.1, 0.15) is 5.69 Å². The van der Waals surface area contributed by atoms with Gasteiger partial charge in [-0.15, -0.1) is 0 Å². The lowest BCUT2D eigenvalue weighted by molar-refractivity contribution is 0.102. The Hall–Kier alpha value is -2.63. The normalized spacial score (nSPS) is 9.88. The van der Waals surface area contributed by atoms with Crippen LogP contribution in [0.3, 0.4) is 0 Å². The first-order valence-corrected chi connectivity index (χ1v) is 4.87. The zero-order valence-electron chi connectivity index (χ0n) is 8.81. The first kappa shape index (κ1) is 10.9. The van der Waals surface area contributed by atoms with Crippen molar-refractivity contribution in [3.63, 3.8) is 0 Å². The molecule has 6 heteroatoms. The van der Waals surface area contributed by atoms with Crippen LogP contribution < -0.4 is 16.6 Å². The maximum Gasteiger partial charge on any atom is 0.275 e. The summed E-state index contributed by atoms with van der Waals surface area (Å²) in [6.07, 6.45) is 2.29. The number of para-hydroxylation sites is 2. The van der Waals surface area contributed by atoms with Gasteiger partial charge in [-0.25, -0.2) is 4.98 Å². The van der Waals surface area contributed by atoms with E-state index in [1.165, 1.54) is 6.20 Å². The van der Waals surface area contributed by atoms with Crippen LogP contribution in [0, 0.1) is 0 Å². The fourth-order valence-electron chi connectivity index (χ4n) is 1.26. The Kier molecular flexibility index (Phi) is 2.87. The number of carbonyl (C=O) groups excluding carboxylic acids is 1. The van der Waals surface area contributed by atoms with Gasteiger partial charge in [0.15, 0.2) is 0 Å². The zero-order valence-corrected chi connectivity index (χ0v) is 8.81. The van der Waals surface area contributed by atoms with E-state index in [4.69, 9.17) is 5.73 Å². The third-order valence-corrected chi connectivity index (χ3v) is 2.11. The molecule has 0 saturated heterocycles. The molecule has 0 aliphatic carbocycles. The smallest absolute Gasteiger partial charge is 0.275 e. The summed E-state index contributed by atoms with van der Waals surface area (Å²) in [6, 6.07) is 6.88. The summed E-state index contributed by atoms with van der Waals surface area (Å²) in [5, 5.41) is 2.60. The Labute approximate surface area is 96.5 Å². The van der Waals surface area contributed by atoms with Crippen molar-refractivity contribution in [1.82, 2.24) is 9.97 Å². The minimum Gasteiger partial charge on any atom is -0.397 e. The molecule has 0 aliphatic rings. The van der Waals surface area contributed by atoms with Gasteiger partial charge in [0.2, 0.25) is 0 Å². The average Bonchev–Trinajstić information content (AvgIpc) is 2.33. The summed E-state index contributed by atoms with van der Waals surface area (Å²) >= 11 is 0. The summed E-state index contributed by atoms with van der Waals surface area (Å²) in [5.41, 5.74) is 6.40. The van der Waals surface area contributed by atoms with Crippen LogP contribution in [0.1, 0.15) is 10.5 Å². The van der Waals surface area contributed by atoms with Crippen molar-refractivity contribution in [2.45, 2.75) is 0 Å². The van der Waals surface area contributed by atoms with Crippen molar-refractivity contribution in [2.75, 3.05) is 11.1 Å². The van der Waals surface area contributed by atoms with Crippen LogP contribution in [0.15, 0.2) is 41.5 Å². The van der Waals surface area contributed by atoms with Gasteiger partial charge in [-0.05, 0) is 12.1 Å². The van der Waals surface area contributed by atoms with E-state index in [0.29, 0.717) is 11.4 Å². The van der Waals surface area contributed by atoms with E-state index in [2.05, 4.69) is 15.3 Å². The van der Waals surface area contributed by atoms with Crippen LogP contribution in [0.4, 0.5) is 11.4 Å². The number of anilines is 2. The van der Waals surface area contributed by atoms with Crippen molar-refractivity contribution in [1.29, 1.82) is 0 Å². The minimum atomic E-state index is -0.431. The second-order valence-electron chi connectivity index (χ2n) is 3.34. The topological polar surface area (TPSA) is 101 Å². The predicted octanol–water partition coefficient (Wildman–Crippen LogP) is 0.604. The molecule has 0 fully saturated rings. The number of carbonyl (C=O) groups is 1. The first-order chi connectivity index (χ1) is 8.16. The van der Waals surface area contributed by atoms with E-state index in [0.717, 1.165) is 6.20 Å². The van der Waals surface area contributed by atoms with E-state index in [1.54, 1.807) is 24.3 Å². The molecule has 17 heavy (non-hydrogen) atoms. The number of nitrogen functional groups attached to an aromatic ring is 1. The summed E-state index contributed by atoms with van der Waals surface area (Å²) < 4.78 is 0. The Morgan fingerprint density at radius 1 is 1.35 bits per heavy atom. The molecule has 0 bridgehead atoms. The molecule has 1 heterocycles.